The fraction of sp³-hybridized carbons (Fsp3) is 0.684. The first-order valence-corrected chi connectivity index (χ1v) is 10.7. The number of rotatable bonds is 3. The fourth-order valence-electron chi connectivity index (χ4n) is 5.75. The molecule has 2 saturated carbocycles. The Morgan fingerprint density at radius 1 is 1.24 bits per heavy atom. The van der Waals surface area contributed by atoms with Crippen molar-refractivity contribution in [2.75, 3.05) is 7.05 Å². The Morgan fingerprint density at radius 3 is 2.80 bits per heavy atom. The lowest BCUT2D eigenvalue weighted by Gasteiger charge is -2.50. The monoisotopic (exact) mass is 365 g/mol. The first kappa shape index (κ1) is 17.3. The number of hydrogen-bond acceptors (Lipinski definition) is 4. The molecule has 0 aliphatic heterocycles. The summed E-state index contributed by atoms with van der Waals surface area (Å²) in [5.41, 5.74) is 2.66. The molecule has 1 aromatic carbocycles. The smallest absolute Gasteiger partial charge is 0.382 e. The Bertz CT molecular complexity index is 778. The van der Waals surface area contributed by atoms with Crippen LogP contribution in [-0.4, -0.2) is 26.7 Å². The van der Waals surface area contributed by atoms with E-state index in [2.05, 4.69) is 17.7 Å². The largest absolute Gasteiger partial charge is 0.393 e. The van der Waals surface area contributed by atoms with Crippen molar-refractivity contribution in [2.45, 2.75) is 57.5 Å². The van der Waals surface area contributed by atoms with Gasteiger partial charge in [-0.15, -0.1) is 0 Å². The van der Waals surface area contributed by atoms with Crippen LogP contribution in [0, 0.1) is 17.3 Å². The quantitative estimate of drug-likeness (QED) is 0.864. The molecule has 0 aromatic heterocycles. The summed E-state index contributed by atoms with van der Waals surface area (Å²) in [6.45, 7) is 2.28. The van der Waals surface area contributed by atoms with Gasteiger partial charge in [0.25, 0.3) is 0 Å². The molecule has 5 atom stereocenters. The molecule has 2 N–H and O–H groups in total. The van der Waals surface area contributed by atoms with E-state index in [-0.39, 0.29) is 11.5 Å². The summed E-state index contributed by atoms with van der Waals surface area (Å²) in [6.07, 6.45) is 6.18. The fourth-order valence-corrected chi connectivity index (χ4v) is 6.19. The summed E-state index contributed by atoms with van der Waals surface area (Å²) in [6, 6.07) is 5.71. The Balaban J connectivity index is 1.61. The van der Waals surface area contributed by atoms with Crippen molar-refractivity contribution in [2.24, 2.45) is 17.3 Å². The molecule has 2 fully saturated rings. The third-order valence-corrected chi connectivity index (χ3v) is 8.02. The van der Waals surface area contributed by atoms with E-state index in [9.17, 15) is 13.5 Å². The van der Waals surface area contributed by atoms with Gasteiger partial charge in [0.15, 0.2) is 0 Å². The first-order valence-electron chi connectivity index (χ1n) is 9.28. The number of fused-ring (bicyclic) bond motifs is 5. The molecule has 1 aromatic rings. The van der Waals surface area contributed by atoms with E-state index in [1.54, 1.807) is 6.07 Å². The van der Waals surface area contributed by atoms with E-state index < -0.39 is 10.3 Å². The lowest BCUT2D eigenvalue weighted by Crippen LogP contribution is -2.43. The summed E-state index contributed by atoms with van der Waals surface area (Å²) >= 11 is 0. The average Bonchev–Trinajstić information content (AvgIpc) is 2.89. The molecular weight excluding hydrogens is 338 g/mol. The molecule has 0 amide bonds. The number of aryl methyl sites for hydroxylation is 1. The lowest BCUT2D eigenvalue weighted by molar-refractivity contribution is -0.0226. The van der Waals surface area contributed by atoms with Gasteiger partial charge in [-0.25, -0.2) is 0 Å². The van der Waals surface area contributed by atoms with Crippen LogP contribution in [0.25, 0.3) is 0 Å². The van der Waals surface area contributed by atoms with Crippen LogP contribution in [0.15, 0.2) is 18.2 Å². The maximum absolute atomic E-state index is 11.6. The van der Waals surface area contributed by atoms with Crippen molar-refractivity contribution in [3.8, 4) is 5.75 Å². The molecule has 0 unspecified atom stereocenters. The van der Waals surface area contributed by atoms with Crippen molar-refractivity contribution in [1.29, 1.82) is 0 Å². The van der Waals surface area contributed by atoms with Crippen molar-refractivity contribution in [3.63, 3.8) is 0 Å². The summed E-state index contributed by atoms with van der Waals surface area (Å²) in [5, 5.41) is 10.5. The van der Waals surface area contributed by atoms with Gasteiger partial charge in [0.1, 0.15) is 5.75 Å². The van der Waals surface area contributed by atoms with Gasteiger partial charge in [-0.3, -0.25) is 0 Å². The minimum Gasteiger partial charge on any atom is -0.393 e. The highest BCUT2D eigenvalue weighted by Crippen LogP contribution is 2.60. The van der Waals surface area contributed by atoms with Crippen LogP contribution < -0.4 is 8.91 Å². The molecule has 4 rings (SSSR count). The highest BCUT2D eigenvalue weighted by molar-refractivity contribution is 7.85. The molecule has 6 heteroatoms. The van der Waals surface area contributed by atoms with Crippen LogP contribution in [0.1, 0.15) is 56.1 Å². The van der Waals surface area contributed by atoms with E-state index in [0.717, 1.165) is 38.5 Å². The molecule has 0 spiro atoms. The van der Waals surface area contributed by atoms with Crippen LogP contribution in [0.4, 0.5) is 0 Å². The molecule has 138 valence electrons. The number of aliphatic hydroxyl groups excluding tert-OH is 1. The highest BCUT2D eigenvalue weighted by Gasteiger charge is 2.54. The topological polar surface area (TPSA) is 75.6 Å². The van der Waals surface area contributed by atoms with Crippen LogP contribution in [0.2, 0.25) is 0 Å². The Hall–Kier alpha value is -1.11. The van der Waals surface area contributed by atoms with Crippen LogP contribution >= 0.6 is 0 Å². The number of nitrogens with one attached hydrogen (secondary N) is 1. The van der Waals surface area contributed by atoms with Gasteiger partial charge in [-0.2, -0.15) is 13.1 Å². The van der Waals surface area contributed by atoms with Crippen LogP contribution in [-0.2, 0) is 16.7 Å². The zero-order valence-electron chi connectivity index (χ0n) is 14.9. The standard InChI is InChI=1S/C19H27NO4S/c1-19-10-9-15-14-6-4-13(24-25(22,23)20-2)11-12(14)3-5-16(15)17(19)7-8-18(19)21/h4,6,11,15-18,20-21H,3,5,7-10H2,1-2H3/t15-,16-,17+,18+,19+/m1/s1. The summed E-state index contributed by atoms with van der Waals surface area (Å²) in [4.78, 5) is 0. The van der Waals surface area contributed by atoms with Gasteiger partial charge in [0.05, 0.1) is 6.10 Å². The first-order chi connectivity index (χ1) is 11.8. The number of aliphatic hydroxyl groups is 1. The zero-order valence-corrected chi connectivity index (χ0v) is 15.7. The van der Waals surface area contributed by atoms with Crippen LogP contribution in [0.5, 0.6) is 5.75 Å². The summed E-state index contributed by atoms with van der Waals surface area (Å²) < 4.78 is 30.5. The van der Waals surface area contributed by atoms with Gasteiger partial charge >= 0.3 is 10.3 Å². The van der Waals surface area contributed by atoms with Gasteiger partial charge in [0, 0.05) is 7.05 Å². The van der Waals surface area contributed by atoms with E-state index in [1.165, 1.54) is 18.2 Å². The van der Waals surface area contributed by atoms with Gasteiger partial charge in [-0.05, 0) is 85.0 Å². The predicted octanol–water partition coefficient (Wildman–Crippen LogP) is 2.75. The normalized spacial score (nSPS) is 37.1. The second-order valence-electron chi connectivity index (χ2n) is 8.16. The third kappa shape index (κ3) is 2.78. The number of benzene rings is 1. The molecule has 0 radical (unpaired) electrons. The molecule has 0 heterocycles. The molecule has 0 saturated heterocycles. The Kier molecular flexibility index (Phi) is 4.13. The summed E-state index contributed by atoms with van der Waals surface area (Å²) in [5.74, 6) is 2.15. The van der Waals surface area contributed by atoms with Crippen molar-refractivity contribution in [1.82, 2.24) is 4.72 Å². The maximum atomic E-state index is 11.6. The second-order valence-corrected chi connectivity index (χ2v) is 9.64. The molecule has 3 aliphatic rings. The Labute approximate surface area is 150 Å². The molecule has 5 nitrogen and oxygen atoms in total. The van der Waals surface area contributed by atoms with Gasteiger partial charge in [0.2, 0.25) is 0 Å². The minimum absolute atomic E-state index is 0.0859. The highest BCUT2D eigenvalue weighted by atomic mass is 32.2. The van der Waals surface area contributed by atoms with Crippen molar-refractivity contribution >= 4 is 10.3 Å². The predicted molar refractivity (Wildman–Crippen MR) is 95.7 cm³/mol. The van der Waals surface area contributed by atoms with E-state index in [0.29, 0.717) is 23.5 Å². The van der Waals surface area contributed by atoms with E-state index in [1.807, 2.05) is 6.07 Å². The maximum Gasteiger partial charge on any atom is 0.382 e. The summed E-state index contributed by atoms with van der Waals surface area (Å²) in [7, 11) is -2.39. The van der Waals surface area contributed by atoms with Gasteiger partial charge < -0.3 is 9.29 Å². The van der Waals surface area contributed by atoms with Crippen molar-refractivity contribution in [3.05, 3.63) is 29.3 Å². The second kappa shape index (κ2) is 5.96. The molecule has 0 bridgehead atoms. The SMILES string of the molecule is CNS(=O)(=O)Oc1ccc2c(c1)CC[C@@H]1[C@@H]2CC[C@]2(C)[C@@H](O)CC[C@@H]12. The third-order valence-electron chi connectivity index (χ3n) is 7.10. The number of hydrogen-bond donors (Lipinski definition) is 2. The lowest BCUT2D eigenvalue weighted by atomic mass is 9.55. The minimum atomic E-state index is -3.73. The zero-order chi connectivity index (χ0) is 17.8. The van der Waals surface area contributed by atoms with E-state index in [4.69, 9.17) is 4.18 Å². The van der Waals surface area contributed by atoms with Crippen LogP contribution in [0.3, 0.4) is 0 Å². The molecule has 3 aliphatic carbocycles. The Morgan fingerprint density at radius 2 is 2.04 bits per heavy atom. The average molecular weight is 365 g/mol. The van der Waals surface area contributed by atoms with E-state index >= 15 is 0 Å². The van der Waals surface area contributed by atoms with Crippen molar-refractivity contribution < 1.29 is 17.7 Å². The van der Waals surface area contributed by atoms with Gasteiger partial charge in [-0.1, -0.05) is 13.0 Å². The molecular formula is C19H27NO4S. The molecule has 25 heavy (non-hydrogen) atoms.